The van der Waals surface area contributed by atoms with Crippen molar-refractivity contribution >= 4 is 27.5 Å². The van der Waals surface area contributed by atoms with Crippen LogP contribution in [0.2, 0.25) is 0 Å². The lowest BCUT2D eigenvalue weighted by Gasteiger charge is -2.48. The van der Waals surface area contributed by atoms with Gasteiger partial charge < -0.3 is 15.4 Å². The summed E-state index contributed by atoms with van der Waals surface area (Å²) >= 11 is 3.59. The second-order valence-corrected chi connectivity index (χ2v) is 9.72. The predicted molar refractivity (Wildman–Crippen MR) is 116 cm³/mol. The highest BCUT2D eigenvalue weighted by atomic mass is 79.9. The van der Waals surface area contributed by atoms with Gasteiger partial charge >= 0.3 is 0 Å². The number of amides is 1. The van der Waals surface area contributed by atoms with Crippen LogP contribution in [0.1, 0.15) is 55.2 Å². The van der Waals surface area contributed by atoms with Crippen molar-refractivity contribution in [1.29, 1.82) is 0 Å². The van der Waals surface area contributed by atoms with Gasteiger partial charge in [0.15, 0.2) is 0 Å². The molecule has 28 heavy (non-hydrogen) atoms. The first-order valence-corrected chi connectivity index (χ1v) is 10.7. The zero-order chi connectivity index (χ0) is 20.1. The van der Waals surface area contributed by atoms with Crippen molar-refractivity contribution < 1.29 is 9.53 Å². The normalized spacial score (nSPS) is 21.6. The molecule has 5 heteroatoms. The van der Waals surface area contributed by atoms with Crippen LogP contribution in [0.3, 0.4) is 0 Å². The molecule has 0 radical (unpaired) electrons. The molecule has 0 saturated carbocycles. The Bertz CT molecular complexity index is 923. The summed E-state index contributed by atoms with van der Waals surface area (Å²) in [5.74, 6) is 1.64. The average Bonchev–Trinajstić information content (AvgIpc) is 2.66. The minimum Gasteiger partial charge on any atom is -0.493 e. The molecule has 2 atom stereocenters. The first kappa shape index (κ1) is 19.3. The van der Waals surface area contributed by atoms with Crippen LogP contribution in [0, 0.1) is 11.8 Å². The molecule has 2 aliphatic heterocycles. The van der Waals surface area contributed by atoms with Gasteiger partial charge in [-0.1, -0.05) is 43.6 Å². The number of halogens is 1. The third kappa shape index (κ3) is 3.30. The van der Waals surface area contributed by atoms with Crippen molar-refractivity contribution in [3.63, 3.8) is 0 Å². The van der Waals surface area contributed by atoms with Crippen LogP contribution in [0.5, 0.6) is 5.75 Å². The molecular formula is C23H27BrN2O2. The van der Waals surface area contributed by atoms with Gasteiger partial charge in [0, 0.05) is 39.2 Å². The molecule has 0 fully saturated rings. The van der Waals surface area contributed by atoms with Gasteiger partial charge in [-0.3, -0.25) is 4.79 Å². The lowest BCUT2D eigenvalue weighted by Crippen LogP contribution is -2.46. The molecular weight excluding hydrogens is 416 g/mol. The summed E-state index contributed by atoms with van der Waals surface area (Å²) < 4.78 is 7.15. The first-order valence-electron chi connectivity index (χ1n) is 9.89. The molecule has 0 bridgehead atoms. The Labute approximate surface area is 175 Å². The fourth-order valence-electron chi connectivity index (χ4n) is 4.30. The number of carbonyl (C=O) groups is 1. The Hall–Kier alpha value is -2.01. The number of carbonyl (C=O) groups excluding carboxylic acids is 1. The summed E-state index contributed by atoms with van der Waals surface area (Å²) in [7, 11) is 0. The van der Waals surface area contributed by atoms with Crippen LogP contribution >= 0.6 is 15.9 Å². The number of nitrogens with one attached hydrogen (secondary N) is 2. The van der Waals surface area contributed by atoms with Gasteiger partial charge in [-0.15, -0.1) is 0 Å². The third-order valence-corrected chi connectivity index (χ3v) is 6.51. The molecule has 2 aromatic carbocycles. The first-order chi connectivity index (χ1) is 13.3. The second-order valence-electron chi connectivity index (χ2n) is 8.81. The van der Waals surface area contributed by atoms with E-state index in [9.17, 15) is 4.79 Å². The Morgan fingerprint density at radius 1 is 1.29 bits per heavy atom. The maximum Gasteiger partial charge on any atom is 0.251 e. The maximum absolute atomic E-state index is 12.6. The van der Waals surface area contributed by atoms with Crippen molar-refractivity contribution in [3.8, 4) is 5.75 Å². The number of rotatable bonds is 3. The molecule has 2 aliphatic rings. The van der Waals surface area contributed by atoms with Crippen LogP contribution in [-0.4, -0.2) is 19.1 Å². The molecule has 4 nitrogen and oxygen atoms in total. The highest BCUT2D eigenvalue weighted by molar-refractivity contribution is 9.10. The molecule has 0 aromatic heterocycles. The van der Waals surface area contributed by atoms with Gasteiger partial charge in [0.05, 0.1) is 12.6 Å². The number of hydrogen-bond acceptors (Lipinski definition) is 3. The Balaban J connectivity index is 1.70. The second kappa shape index (κ2) is 7.11. The highest BCUT2D eigenvalue weighted by Gasteiger charge is 2.46. The Morgan fingerprint density at radius 3 is 2.82 bits per heavy atom. The summed E-state index contributed by atoms with van der Waals surface area (Å²) in [6, 6.07) is 12.4. The van der Waals surface area contributed by atoms with E-state index in [-0.39, 0.29) is 23.3 Å². The number of benzene rings is 2. The lowest BCUT2D eigenvalue weighted by molar-refractivity contribution is 0.0948. The van der Waals surface area contributed by atoms with Crippen molar-refractivity contribution in [2.24, 2.45) is 11.8 Å². The average molecular weight is 443 g/mol. The van der Waals surface area contributed by atoms with Crippen molar-refractivity contribution in [1.82, 2.24) is 5.32 Å². The van der Waals surface area contributed by atoms with Gasteiger partial charge in [0.1, 0.15) is 5.75 Å². The molecule has 0 spiro atoms. The topological polar surface area (TPSA) is 50.4 Å². The standard InChI is InChI=1S/C23H27BrN2O2/c1-13(2)11-25-22(27)14-5-7-19-17(9-14)23(3,4)18-12-28-20-8-6-15(24)10-16(20)21(18)26-19/h5-10,13,18,21,26H,11-12H2,1-4H3,(H,25,27)/t18-,21-/m0/s1. The van der Waals surface area contributed by atoms with Crippen molar-refractivity contribution in [3.05, 3.63) is 57.6 Å². The fraction of sp³-hybridized carbons (Fsp3) is 0.435. The zero-order valence-corrected chi connectivity index (χ0v) is 18.4. The molecule has 2 N–H and O–H groups in total. The van der Waals surface area contributed by atoms with E-state index in [4.69, 9.17) is 4.74 Å². The summed E-state index contributed by atoms with van der Waals surface area (Å²) in [6.45, 7) is 10.0. The van der Waals surface area contributed by atoms with Crippen LogP contribution in [0.25, 0.3) is 0 Å². The maximum atomic E-state index is 12.6. The third-order valence-electron chi connectivity index (χ3n) is 6.01. The van der Waals surface area contributed by atoms with Crippen LogP contribution < -0.4 is 15.4 Å². The van der Waals surface area contributed by atoms with Gasteiger partial charge in [-0.25, -0.2) is 0 Å². The molecule has 2 aromatic rings. The summed E-state index contributed by atoms with van der Waals surface area (Å²) in [6.07, 6.45) is 0. The van der Waals surface area contributed by atoms with Crippen LogP contribution in [0.15, 0.2) is 40.9 Å². The quantitative estimate of drug-likeness (QED) is 0.678. The Morgan fingerprint density at radius 2 is 2.07 bits per heavy atom. The smallest absolute Gasteiger partial charge is 0.251 e. The highest BCUT2D eigenvalue weighted by Crippen LogP contribution is 2.52. The minimum atomic E-state index is -0.125. The van der Waals surface area contributed by atoms with Crippen LogP contribution in [-0.2, 0) is 5.41 Å². The molecule has 1 amide bonds. The largest absolute Gasteiger partial charge is 0.493 e. The molecule has 2 heterocycles. The van der Waals surface area contributed by atoms with Crippen LogP contribution in [0.4, 0.5) is 5.69 Å². The van der Waals surface area contributed by atoms with E-state index in [2.05, 4.69) is 60.3 Å². The van der Waals surface area contributed by atoms with E-state index in [0.29, 0.717) is 24.6 Å². The lowest BCUT2D eigenvalue weighted by atomic mass is 9.65. The molecule has 0 unspecified atom stereocenters. The van der Waals surface area contributed by atoms with E-state index in [1.807, 2.05) is 30.3 Å². The number of hydrogen-bond donors (Lipinski definition) is 2. The molecule has 0 saturated heterocycles. The summed E-state index contributed by atoms with van der Waals surface area (Å²) in [4.78, 5) is 12.6. The molecule has 4 rings (SSSR count). The summed E-state index contributed by atoms with van der Waals surface area (Å²) in [5, 5.41) is 6.74. The van der Waals surface area contributed by atoms with Gasteiger partial charge in [0.2, 0.25) is 0 Å². The predicted octanol–water partition coefficient (Wildman–Crippen LogP) is 5.29. The monoisotopic (exact) mass is 442 g/mol. The fourth-order valence-corrected chi connectivity index (χ4v) is 4.68. The molecule has 0 aliphatic carbocycles. The Kier molecular flexibility index (Phi) is 4.90. The van der Waals surface area contributed by atoms with E-state index in [1.165, 1.54) is 11.1 Å². The van der Waals surface area contributed by atoms with E-state index < -0.39 is 0 Å². The van der Waals surface area contributed by atoms with Gasteiger partial charge in [-0.05, 0) is 47.9 Å². The number of fused-ring (bicyclic) bond motifs is 4. The van der Waals surface area contributed by atoms with Gasteiger partial charge in [-0.2, -0.15) is 0 Å². The number of ether oxygens (including phenoxy) is 1. The van der Waals surface area contributed by atoms with Crippen molar-refractivity contribution in [2.75, 3.05) is 18.5 Å². The minimum absolute atomic E-state index is 0.0106. The van der Waals surface area contributed by atoms with E-state index in [0.717, 1.165) is 15.9 Å². The van der Waals surface area contributed by atoms with Gasteiger partial charge in [0.25, 0.3) is 5.91 Å². The number of anilines is 1. The zero-order valence-electron chi connectivity index (χ0n) is 16.8. The van der Waals surface area contributed by atoms with E-state index >= 15 is 0 Å². The van der Waals surface area contributed by atoms with E-state index in [1.54, 1.807) is 0 Å². The molecule has 148 valence electrons. The van der Waals surface area contributed by atoms with Crippen molar-refractivity contribution in [2.45, 2.75) is 39.2 Å². The summed E-state index contributed by atoms with van der Waals surface area (Å²) in [5.41, 5.74) is 4.04. The SMILES string of the molecule is CC(C)CNC(=O)c1ccc2c(c1)C(C)(C)[C@H]1COc3ccc(Br)cc3[C@@H]1N2.